The van der Waals surface area contributed by atoms with Crippen LogP contribution in [0, 0.1) is 6.92 Å². The number of benzene rings is 8. The van der Waals surface area contributed by atoms with Crippen LogP contribution < -0.4 is 31.1 Å². The van der Waals surface area contributed by atoms with Gasteiger partial charge in [-0.1, -0.05) is 184 Å². The zero-order valence-electron chi connectivity index (χ0n) is 51.8. The van der Waals surface area contributed by atoms with Crippen molar-refractivity contribution in [1.29, 1.82) is 0 Å². The van der Waals surface area contributed by atoms with Crippen molar-refractivity contribution in [2.45, 2.75) is 182 Å². The molecule has 0 radical (unpaired) electrons. The van der Waals surface area contributed by atoms with Gasteiger partial charge in [0.25, 0.3) is 6.71 Å². The first-order valence-electron chi connectivity index (χ1n) is 30.1. The van der Waals surface area contributed by atoms with Gasteiger partial charge in [0.15, 0.2) is 5.58 Å². The van der Waals surface area contributed by atoms with Crippen molar-refractivity contribution in [2.75, 3.05) is 14.7 Å². The quantitative estimate of drug-likeness (QED) is 0.160. The SMILES string of the molecule is Cc1cc2c3c(c1)N(c1cccc4c1oc1cc(C(C)(C)C)ccc14)c1cc(N(c4ccc(C(C)(C)C)cc4)c4ccc(C(C)(C)C)cc4)ccc1B3c1cc3c(cc1N2c1ccc2c(c1)C(C)(C)CCC2(C)C)C(C)(C)CC3(C)C. The van der Waals surface area contributed by atoms with Crippen LogP contribution in [0.4, 0.5) is 51.2 Å². The van der Waals surface area contributed by atoms with Gasteiger partial charge in [-0.3, -0.25) is 0 Å². The zero-order valence-corrected chi connectivity index (χ0v) is 51.8. The van der Waals surface area contributed by atoms with Crippen molar-refractivity contribution in [3.63, 3.8) is 0 Å². The van der Waals surface area contributed by atoms with Gasteiger partial charge < -0.3 is 19.1 Å². The topological polar surface area (TPSA) is 22.9 Å². The summed E-state index contributed by atoms with van der Waals surface area (Å²) >= 11 is 0. The Morgan fingerprint density at radius 1 is 0.432 bits per heavy atom. The van der Waals surface area contributed by atoms with Crippen molar-refractivity contribution < 1.29 is 4.42 Å². The van der Waals surface area contributed by atoms with Crippen LogP contribution in [0.2, 0.25) is 0 Å². The maximum atomic E-state index is 7.29. The fourth-order valence-corrected chi connectivity index (χ4v) is 15.1. The molecule has 2 aliphatic carbocycles. The van der Waals surface area contributed by atoms with Crippen LogP contribution >= 0.6 is 0 Å². The van der Waals surface area contributed by atoms with E-state index in [1.165, 1.54) is 90.1 Å². The average Bonchev–Trinajstić information content (AvgIpc) is 3.92. The van der Waals surface area contributed by atoms with Crippen molar-refractivity contribution in [2.24, 2.45) is 0 Å². The van der Waals surface area contributed by atoms with Crippen LogP contribution in [0.25, 0.3) is 21.9 Å². The molecule has 2 aliphatic heterocycles. The minimum Gasteiger partial charge on any atom is -0.454 e. The summed E-state index contributed by atoms with van der Waals surface area (Å²) in [6.07, 6.45) is 3.44. The van der Waals surface area contributed by atoms with E-state index >= 15 is 0 Å². The molecule has 9 aromatic rings. The highest BCUT2D eigenvalue weighted by Crippen LogP contribution is 2.55. The van der Waals surface area contributed by atoms with E-state index in [4.69, 9.17) is 4.42 Å². The number of nitrogens with zero attached hydrogens (tertiary/aromatic N) is 3. The lowest BCUT2D eigenvalue weighted by molar-refractivity contribution is 0.332. The first-order valence-corrected chi connectivity index (χ1v) is 30.1. The number of hydrogen-bond donors (Lipinski definition) is 0. The van der Waals surface area contributed by atoms with Crippen LogP contribution in [0.3, 0.4) is 0 Å². The molecule has 0 N–H and O–H groups in total. The minimum atomic E-state index is -0.0604. The Bertz CT molecular complexity index is 3990. The van der Waals surface area contributed by atoms with Gasteiger partial charge in [-0.05, 0) is 204 Å². The number of hydrogen-bond acceptors (Lipinski definition) is 4. The molecule has 1 aromatic heterocycles. The van der Waals surface area contributed by atoms with E-state index in [0.29, 0.717) is 0 Å². The summed E-state index contributed by atoms with van der Waals surface area (Å²) < 4.78 is 7.29. The maximum absolute atomic E-state index is 7.29. The van der Waals surface area contributed by atoms with E-state index in [-0.39, 0.29) is 44.6 Å². The highest BCUT2D eigenvalue weighted by atomic mass is 16.3. The summed E-state index contributed by atoms with van der Waals surface area (Å²) in [7, 11) is 0. The smallest absolute Gasteiger partial charge is 0.252 e. The number of rotatable bonds is 5. The Balaban J connectivity index is 1.12. The lowest BCUT2D eigenvalue weighted by Crippen LogP contribution is -2.61. The number of anilines is 9. The second-order valence-corrected chi connectivity index (χ2v) is 30.6. The van der Waals surface area contributed by atoms with Crippen LogP contribution in [-0.4, -0.2) is 6.71 Å². The molecule has 412 valence electrons. The molecule has 4 aliphatic rings. The Labute approximate surface area is 484 Å². The fourth-order valence-electron chi connectivity index (χ4n) is 15.1. The molecule has 0 saturated heterocycles. The molecule has 8 aromatic carbocycles. The minimum absolute atomic E-state index is 0.000731. The molecule has 0 amide bonds. The Morgan fingerprint density at radius 3 is 1.57 bits per heavy atom. The molecule has 0 atom stereocenters. The monoisotopic (exact) mass is 1070 g/mol. The third kappa shape index (κ3) is 8.43. The van der Waals surface area contributed by atoms with Gasteiger partial charge in [0.1, 0.15) is 5.58 Å². The van der Waals surface area contributed by atoms with Gasteiger partial charge in [-0.15, -0.1) is 0 Å². The molecule has 0 spiro atoms. The second kappa shape index (κ2) is 17.5. The molecule has 0 unspecified atom stereocenters. The van der Waals surface area contributed by atoms with E-state index < -0.39 is 0 Å². The van der Waals surface area contributed by atoms with E-state index in [2.05, 4.69) is 285 Å². The van der Waals surface area contributed by atoms with E-state index in [0.717, 1.165) is 63.2 Å². The van der Waals surface area contributed by atoms with Crippen molar-refractivity contribution in [1.82, 2.24) is 0 Å². The summed E-state index contributed by atoms with van der Waals surface area (Å²) in [6, 6.07) is 57.3. The molecular formula is C76H84BN3O. The van der Waals surface area contributed by atoms with Crippen LogP contribution in [-0.2, 0) is 37.9 Å². The first kappa shape index (κ1) is 53.3. The normalized spacial score (nSPS) is 17.4. The van der Waals surface area contributed by atoms with Crippen LogP contribution in [0.15, 0.2) is 150 Å². The Morgan fingerprint density at radius 2 is 0.963 bits per heavy atom. The number of aryl methyl sites for hydroxylation is 1. The van der Waals surface area contributed by atoms with Gasteiger partial charge in [-0.2, -0.15) is 0 Å². The number of fused-ring (bicyclic) bond motifs is 9. The van der Waals surface area contributed by atoms with Gasteiger partial charge >= 0.3 is 0 Å². The highest BCUT2D eigenvalue weighted by molar-refractivity contribution is 7.00. The molecule has 0 saturated carbocycles. The summed E-state index contributed by atoms with van der Waals surface area (Å²) in [6.45, 7) is 42.6. The molecule has 81 heavy (non-hydrogen) atoms. The summed E-state index contributed by atoms with van der Waals surface area (Å²) in [5.41, 5.74) is 27.4. The predicted octanol–water partition coefficient (Wildman–Crippen LogP) is 19.6. The molecule has 5 heteroatoms. The summed E-state index contributed by atoms with van der Waals surface area (Å²) in [5, 5.41) is 2.26. The molecule has 4 nitrogen and oxygen atoms in total. The third-order valence-corrected chi connectivity index (χ3v) is 19.6. The van der Waals surface area contributed by atoms with Gasteiger partial charge in [0, 0.05) is 56.3 Å². The second-order valence-electron chi connectivity index (χ2n) is 30.6. The molecule has 0 fully saturated rings. The van der Waals surface area contributed by atoms with Crippen molar-refractivity contribution in [3.8, 4) is 0 Å². The molecule has 13 rings (SSSR count). The van der Waals surface area contributed by atoms with Crippen molar-refractivity contribution >= 4 is 96.2 Å². The van der Waals surface area contributed by atoms with Gasteiger partial charge in [-0.25, -0.2) is 0 Å². The standard InChI is InChI=1S/C76H84BN3O/c1-46-38-65-68-66(39-46)80(62-21-19-20-55-54-33-26-49(72(8,9)10)40-67(54)81-69(55)62)63-42-53(78(50-27-22-47(23-28-50)70(2,3)4)51-29-24-48(25-30-51)71(5,6)7)32-35-60(63)77(68)61-43-58-59(76(17,18)45-75(58,15)16)44-64(61)79(65)52-31-34-56-57(41-52)74(13,14)37-36-73(56,11)12/h19-35,38-44H,36-37,45H2,1-18H3. The first-order chi connectivity index (χ1) is 37.9. The van der Waals surface area contributed by atoms with Crippen LogP contribution in [0.5, 0.6) is 0 Å². The van der Waals surface area contributed by atoms with E-state index in [1.807, 2.05) is 0 Å². The molecular weight excluding hydrogens is 982 g/mol. The zero-order chi connectivity index (χ0) is 57.5. The fraction of sp³-hybridized carbons (Fsp3) is 0.368. The third-order valence-electron chi connectivity index (χ3n) is 19.6. The van der Waals surface area contributed by atoms with Gasteiger partial charge in [0.05, 0.1) is 5.69 Å². The maximum Gasteiger partial charge on any atom is 0.252 e. The lowest BCUT2D eigenvalue weighted by atomic mass is 9.33. The van der Waals surface area contributed by atoms with Crippen molar-refractivity contribution in [3.05, 3.63) is 190 Å². The lowest BCUT2D eigenvalue weighted by Gasteiger charge is -2.46. The van der Waals surface area contributed by atoms with Crippen LogP contribution in [0.1, 0.15) is 181 Å². The Hall–Kier alpha value is -6.98. The highest BCUT2D eigenvalue weighted by Gasteiger charge is 2.49. The van der Waals surface area contributed by atoms with Gasteiger partial charge in [0.2, 0.25) is 0 Å². The summed E-state index contributed by atoms with van der Waals surface area (Å²) in [4.78, 5) is 7.73. The predicted molar refractivity (Wildman–Crippen MR) is 349 cm³/mol. The van der Waals surface area contributed by atoms with E-state index in [9.17, 15) is 0 Å². The molecule has 0 bridgehead atoms. The Kier molecular flexibility index (Phi) is 11.5. The largest absolute Gasteiger partial charge is 0.454 e. The van der Waals surface area contributed by atoms with E-state index in [1.54, 1.807) is 0 Å². The summed E-state index contributed by atoms with van der Waals surface area (Å²) in [5.74, 6) is 0. The molecule has 3 heterocycles. The number of para-hydroxylation sites is 1. The average molecular weight is 1070 g/mol. The number of furan rings is 1.